The first kappa shape index (κ1) is 13.8. The SMILES string of the molecule is C=[S-](=C)CCCc1ccccc1NCC(C)=N. The molecule has 0 saturated heterocycles. The first-order valence-corrected chi connectivity index (χ1v) is 7.49. The number of hydrogen-bond acceptors (Lipinski definition) is 3. The molecule has 0 unspecified atom stereocenters. The van der Waals surface area contributed by atoms with Crippen molar-refractivity contribution in [3.63, 3.8) is 0 Å². The van der Waals surface area contributed by atoms with E-state index in [9.17, 15) is 0 Å². The van der Waals surface area contributed by atoms with Crippen molar-refractivity contribution in [1.82, 2.24) is 0 Å². The van der Waals surface area contributed by atoms with Gasteiger partial charge in [-0.25, -0.2) is 11.7 Å². The lowest BCUT2D eigenvalue weighted by Crippen LogP contribution is -2.10. The van der Waals surface area contributed by atoms with Gasteiger partial charge in [-0.1, -0.05) is 24.6 Å². The van der Waals surface area contributed by atoms with Crippen molar-refractivity contribution in [2.45, 2.75) is 19.8 Å². The summed E-state index contributed by atoms with van der Waals surface area (Å²) in [7, 11) is 0.0386. The molecular formula is C14H21N2S-. The summed E-state index contributed by atoms with van der Waals surface area (Å²) in [6.45, 7) is 2.43. The fourth-order valence-electron chi connectivity index (χ4n) is 1.61. The van der Waals surface area contributed by atoms with Crippen molar-refractivity contribution >= 4 is 33.2 Å². The number of para-hydroxylation sites is 1. The Morgan fingerprint density at radius 3 is 2.71 bits per heavy atom. The lowest BCUT2D eigenvalue weighted by Gasteiger charge is -2.12. The fourth-order valence-corrected chi connectivity index (χ4v) is 2.16. The maximum Gasteiger partial charge on any atom is 0.0524 e. The Kier molecular flexibility index (Phi) is 5.84. The van der Waals surface area contributed by atoms with Gasteiger partial charge in [0, 0.05) is 11.4 Å². The van der Waals surface area contributed by atoms with Gasteiger partial charge in [0.1, 0.15) is 0 Å². The van der Waals surface area contributed by atoms with Crippen molar-refractivity contribution in [3.8, 4) is 0 Å². The normalized spacial score (nSPS) is 10.5. The molecular weight excluding hydrogens is 228 g/mol. The molecule has 0 aliphatic heterocycles. The molecule has 0 aliphatic carbocycles. The summed E-state index contributed by atoms with van der Waals surface area (Å²) in [5.74, 6) is 8.93. The van der Waals surface area contributed by atoms with Crippen LogP contribution in [0.5, 0.6) is 0 Å². The maximum atomic E-state index is 7.43. The zero-order valence-corrected chi connectivity index (χ0v) is 11.3. The lowest BCUT2D eigenvalue weighted by molar-refractivity contribution is 0.935. The largest absolute Gasteiger partial charge is 0.485 e. The molecule has 0 fully saturated rings. The van der Waals surface area contributed by atoms with Crippen molar-refractivity contribution in [3.05, 3.63) is 29.8 Å². The molecule has 0 aromatic heterocycles. The third-order valence-corrected chi connectivity index (χ3v) is 3.31. The Bertz CT molecular complexity index is 439. The minimum Gasteiger partial charge on any atom is -0.485 e. The summed E-state index contributed by atoms with van der Waals surface area (Å²) in [6.07, 6.45) is 2.17. The van der Waals surface area contributed by atoms with E-state index in [0.29, 0.717) is 12.3 Å². The van der Waals surface area contributed by atoms with Crippen LogP contribution >= 0.6 is 0 Å². The third-order valence-electron chi connectivity index (χ3n) is 2.44. The van der Waals surface area contributed by atoms with Crippen LogP contribution in [0.25, 0.3) is 0 Å². The first-order chi connectivity index (χ1) is 8.09. The zero-order valence-electron chi connectivity index (χ0n) is 10.5. The highest BCUT2D eigenvalue weighted by molar-refractivity contribution is 7.91. The molecule has 2 nitrogen and oxygen atoms in total. The summed E-state index contributed by atoms with van der Waals surface area (Å²) < 4.78 is 0. The van der Waals surface area contributed by atoms with Gasteiger partial charge in [0.05, 0.1) is 6.54 Å². The molecule has 1 aromatic carbocycles. The zero-order chi connectivity index (χ0) is 12.7. The van der Waals surface area contributed by atoms with E-state index in [1.165, 1.54) is 5.56 Å². The summed E-state index contributed by atoms with van der Waals surface area (Å²) >= 11 is 0. The second-order valence-corrected chi connectivity index (χ2v) is 5.84. The number of aryl methyl sites for hydroxylation is 1. The van der Waals surface area contributed by atoms with Crippen LogP contribution in [-0.4, -0.2) is 29.8 Å². The van der Waals surface area contributed by atoms with Gasteiger partial charge in [-0.3, -0.25) is 0 Å². The molecule has 17 heavy (non-hydrogen) atoms. The molecule has 0 heterocycles. The van der Waals surface area contributed by atoms with Gasteiger partial charge in [0.15, 0.2) is 0 Å². The van der Waals surface area contributed by atoms with Crippen LogP contribution in [-0.2, 0) is 16.5 Å². The number of benzene rings is 1. The Morgan fingerprint density at radius 1 is 1.35 bits per heavy atom. The molecule has 1 aromatic rings. The van der Waals surface area contributed by atoms with Gasteiger partial charge in [-0.2, -0.15) is 0 Å². The van der Waals surface area contributed by atoms with Crippen molar-refractivity contribution in [2.24, 2.45) is 0 Å². The van der Waals surface area contributed by atoms with Gasteiger partial charge >= 0.3 is 0 Å². The lowest BCUT2D eigenvalue weighted by atomic mass is 10.1. The number of rotatable bonds is 7. The van der Waals surface area contributed by atoms with Gasteiger partial charge in [0.25, 0.3) is 0 Å². The van der Waals surface area contributed by atoms with E-state index >= 15 is 0 Å². The average Bonchev–Trinajstić information content (AvgIpc) is 2.27. The predicted octanol–water partition coefficient (Wildman–Crippen LogP) is 2.55. The van der Waals surface area contributed by atoms with Crippen LogP contribution in [0.15, 0.2) is 24.3 Å². The van der Waals surface area contributed by atoms with Gasteiger partial charge < -0.3 is 20.8 Å². The molecule has 2 N–H and O–H groups in total. The topological polar surface area (TPSA) is 35.9 Å². The molecule has 0 atom stereocenters. The maximum absolute atomic E-state index is 7.43. The Hall–Kier alpha value is -1.22. The second kappa shape index (κ2) is 7.17. The van der Waals surface area contributed by atoms with Crippen LogP contribution in [0.4, 0.5) is 5.69 Å². The van der Waals surface area contributed by atoms with E-state index in [1.54, 1.807) is 0 Å². The molecule has 0 radical (unpaired) electrons. The molecule has 0 spiro atoms. The smallest absolute Gasteiger partial charge is 0.0524 e. The average molecular weight is 249 g/mol. The van der Waals surface area contributed by atoms with Crippen LogP contribution in [0.3, 0.4) is 0 Å². The minimum absolute atomic E-state index is 0.0386. The predicted molar refractivity (Wildman–Crippen MR) is 83.1 cm³/mol. The summed E-state index contributed by atoms with van der Waals surface area (Å²) in [5, 5.41) is 10.7. The van der Waals surface area contributed by atoms with E-state index in [-0.39, 0.29) is 10.1 Å². The number of anilines is 1. The van der Waals surface area contributed by atoms with Crippen LogP contribution in [0.1, 0.15) is 18.9 Å². The Labute approximate surface area is 106 Å². The molecule has 1 rings (SSSR count). The molecule has 94 valence electrons. The quantitative estimate of drug-likeness (QED) is 0.435. The van der Waals surface area contributed by atoms with E-state index in [4.69, 9.17) is 5.41 Å². The van der Waals surface area contributed by atoms with Crippen LogP contribution in [0.2, 0.25) is 0 Å². The van der Waals surface area contributed by atoms with Crippen molar-refractivity contribution in [2.75, 3.05) is 17.6 Å². The highest BCUT2D eigenvalue weighted by Gasteiger charge is 2.00. The summed E-state index contributed by atoms with van der Waals surface area (Å²) in [6, 6.07) is 8.31. The Morgan fingerprint density at radius 2 is 2.06 bits per heavy atom. The molecule has 0 aliphatic rings. The minimum atomic E-state index is 0.0386. The summed E-state index contributed by atoms with van der Waals surface area (Å²) in [5.41, 5.74) is 3.11. The Balaban J connectivity index is 2.60. The third kappa shape index (κ3) is 5.59. The first-order valence-electron chi connectivity index (χ1n) is 5.75. The van der Waals surface area contributed by atoms with Crippen LogP contribution in [0, 0.1) is 5.41 Å². The number of hydrogen-bond donors (Lipinski definition) is 2. The van der Waals surface area contributed by atoms with E-state index in [2.05, 4.69) is 35.3 Å². The monoisotopic (exact) mass is 249 g/mol. The van der Waals surface area contributed by atoms with Crippen molar-refractivity contribution < 1.29 is 0 Å². The standard InChI is InChI=1S/C14H21N2S/c1-12(15)11-16-14-9-5-4-7-13(14)8-6-10-17(2)3/h4-5,7,9,15-16H,2-3,6,8,10-11H2,1H3/q-1. The van der Waals surface area contributed by atoms with E-state index in [0.717, 1.165) is 24.3 Å². The molecule has 3 heteroatoms. The van der Waals surface area contributed by atoms with Crippen molar-refractivity contribution in [1.29, 1.82) is 5.41 Å². The molecule has 0 bridgehead atoms. The highest BCUT2D eigenvalue weighted by Crippen LogP contribution is 2.16. The van der Waals surface area contributed by atoms with E-state index in [1.807, 2.05) is 13.0 Å². The van der Waals surface area contributed by atoms with Crippen LogP contribution < -0.4 is 5.32 Å². The number of nitrogens with one attached hydrogen (secondary N) is 2. The molecule has 0 amide bonds. The second-order valence-electron chi connectivity index (χ2n) is 4.21. The van der Waals surface area contributed by atoms with Gasteiger partial charge in [-0.05, 0) is 25.0 Å². The fraction of sp³-hybridized carbons (Fsp3) is 0.357. The summed E-state index contributed by atoms with van der Waals surface area (Å²) in [4.78, 5) is 0. The van der Waals surface area contributed by atoms with Gasteiger partial charge in [0.2, 0.25) is 0 Å². The van der Waals surface area contributed by atoms with Gasteiger partial charge in [-0.15, -0.1) is 5.75 Å². The van der Waals surface area contributed by atoms with E-state index < -0.39 is 0 Å². The highest BCUT2D eigenvalue weighted by atomic mass is 32.2. The molecule has 0 saturated carbocycles.